The minimum atomic E-state index is 0. The molecule has 1 heterocycles. The molecule has 124 valence electrons. The first-order chi connectivity index (χ1) is 10.1. The number of halogens is 1. The molecule has 0 radical (unpaired) electrons. The van der Waals surface area contributed by atoms with Crippen molar-refractivity contribution < 1.29 is 4.79 Å². The van der Waals surface area contributed by atoms with Crippen LogP contribution in [0.2, 0.25) is 0 Å². The Balaban J connectivity index is 0.00000242. The van der Waals surface area contributed by atoms with Crippen molar-refractivity contribution in [1.82, 2.24) is 4.90 Å². The standard InChI is InChI=1S/C17H27N3O.ClH/c1-13-6-7-16(14(2)11-13)19-17(21)12-20-10-4-3-5-15(20)8-9-18;/h6-7,11,15H,3-5,8-10,12,18H2,1-2H3,(H,19,21);1H. The maximum atomic E-state index is 12.3. The van der Waals surface area contributed by atoms with Crippen LogP contribution in [0.15, 0.2) is 18.2 Å². The number of carbonyl (C=O) groups is 1. The van der Waals surface area contributed by atoms with E-state index < -0.39 is 0 Å². The Bertz CT molecular complexity index is 491. The molecule has 1 saturated heterocycles. The van der Waals surface area contributed by atoms with Gasteiger partial charge < -0.3 is 11.1 Å². The first-order valence-electron chi connectivity index (χ1n) is 7.91. The summed E-state index contributed by atoms with van der Waals surface area (Å²) in [4.78, 5) is 14.6. The van der Waals surface area contributed by atoms with Crippen LogP contribution in [-0.4, -0.2) is 36.5 Å². The zero-order valence-corrected chi connectivity index (χ0v) is 14.4. The van der Waals surface area contributed by atoms with Crippen molar-refractivity contribution in [3.63, 3.8) is 0 Å². The summed E-state index contributed by atoms with van der Waals surface area (Å²) < 4.78 is 0. The molecule has 3 N–H and O–H groups in total. The van der Waals surface area contributed by atoms with E-state index in [2.05, 4.69) is 23.2 Å². The third kappa shape index (κ3) is 5.27. The number of piperidine rings is 1. The monoisotopic (exact) mass is 325 g/mol. The van der Waals surface area contributed by atoms with E-state index in [1.165, 1.54) is 18.4 Å². The van der Waals surface area contributed by atoms with E-state index in [4.69, 9.17) is 5.73 Å². The van der Waals surface area contributed by atoms with Crippen molar-refractivity contribution >= 4 is 24.0 Å². The lowest BCUT2D eigenvalue weighted by Gasteiger charge is -2.35. The SMILES string of the molecule is Cc1ccc(NC(=O)CN2CCCCC2CCN)c(C)c1.Cl. The van der Waals surface area contributed by atoms with Crippen molar-refractivity contribution in [3.05, 3.63) is 29.3 Å². The third-order valence-electron chi connectivity index (χ3n) is 4.25. The van der Waals surface area contributed by atoms with Gasteiger partial charge in [-0.05, 0) is 57.8 Å². The molecule has 2 rings (SSSR count). The van der Waals surface area contributed by atoms with E-state index in [-0.39, 0.29) is 18.3 Å². The largest absolute Gasteiger partial charge is 0.330 e. The molecular weight excluding hydrogens is 298 g/mol. The fourth-order valence-electron chi connectivity index (χ4n) is 3.12. The molecule has 0 aromatic heterocycles. The Morgan fingerprint density at radius 1 is 1.36 bits per heavy atom. The number of nitrogens with one attached hydrogen (secondary N) is 1. The van der Waals surface area contributed by atoms with E-state index in [1.807, 2.05) is 19.1 Å². The zero-order valence-electron chi connectivity index (χ0n) is 13.6. The molecule has 5 heteroatoms. The zero-order chi connectivity index (χ0) is 15.2. The van der Waals surface area contributed by atoms with Crippen LogP contribution in [0, 0.1) is 13.8 Å². The quantitative estimate of drug-likeness (QED) is 0.875. The van der Waals surface area contributed by atoms with E-state index >= 15 is 0 Å². The van der Waals surface area contributed by atoms with E-state index in [0.29, 0.717) is 19.1 Å². The summed E-state index contributed by atoms with van der Waals surface area (Å²) in [6.07, 6.45) is 4.57. The minimum absolute atomic E-state index is 0. The van der Waals surface area contributed by atoms with Crippen molar-refractivity contribution in [3.8, 4) is 0 Å². The molecule has 1 aromatic carbocycles. The van der Waals surface area contributed by atoms with Gasteiger partial charge in [0.15, 0.2) is 0 Å². The Labute approximate surface area is 139 Å². The lowest BCUT2D eigenvalue weighted by Crippen LogP contribution is -2.44. The molecule has 1 unspecified atom stereocenters. The fourth-order valence-corrected chi connectivity index (χ4v) is 3.12. The summed E-state index contributed by atoms with van der Waals surface area (Å²) in [6, 6.07) is 6.57. The highest BCUT2D eigenvalue weighted by atomic mass is 35.5. The number of hydrogen-bond acceptors (Lipinski definition) is 3. The van der Waals surface area contributed by atoms with Crippen LogP contribution in [0.5, 0.6) is 0 Å². The van der Waals surface area contributed by atoms with Gasteiger partial charge in [-0.15, -0.1) is 12.4 Å². The van der Waals surface area contributed by atoms with Crippen LogP contribution in [0.25, 0.3) is 0 Å². The Hall–Kier alpha value is -1.10. The number of aryl methyl sites for hydroxylation is 2. The normalized spacial score (nSPS) is 18.6. The second-order valence-corrected chi connectivity index (χ2v) is 6.06. The third-order valence-corrected chi connectivity index (χ3v) is 4.25. The fraction of sp³-hybridized carbons (Fsp3) is 0.588. The summed E-state index contributed by atoms with van der Waals surface area (Å²) in [7, 11) is 0. The molecule has 1 aliphatic rings. The second-order valence-electron chi connectivity index (χ2n) is 6.06. The van der Waals surface area contributed by atoms with Crippen molar-refractivity contribution in [2.75, 3.05) is 25.0 Å². The van der Waals surface area contributed by atoms with Gasteiger partial charge in [-0.3, -0.25) is 9.69 Å². The van der Waals surface area contributed by atoms with Gasteiger partial charge in [0.1, 0.15) is 0 Å². The number of rotatable bonds is 5. The second kappa shape index (κ2) is 9.13. The number of carbonyl (C=O) groups excluding carboxylic acids is 1. The smallest absolute Gasteiger partial charge is 0.238 e. The number of nitrogens with two attached hydrogens (primary N) is 1. The maximum Gasteiger partial charge on any atom is 0.238 e. The van der Waals surface area contributed by atoms with E-state index in [1.54, 1.807) is 0 Å². The number of anilines is 1. The summed E-state index contributed by atoms with van der Waals surface area (Å²) in [6.45, 7) is 6.26. The molecule has 1 atom stereocenters. The molecule has 0 saturated carbocycles. The highest BCUT2D eigenvalue weighted by Crippen LogP contribution is 2.20. The average molecular weight is 326 g/mol. The van der Waals surface area contributed by atoms with Crippen LogP contribution in [0.1, 0.15) is 36.8 Å². The molecule has 1 aliphatic heterocycles. The number of nitrogens with zero attached hydrogens (tertiary/aromatic N) is 1. The molecule has 1 aromatic rings. The predicted octanol–water partition coefficient (Wildman–Crippen LogP) is 2.87. The van der Waals surface area contributed by atoms with Crippen LogP contribution in [-0.2, 0) is 4.79 Å². The molecule has 1 amide bonds. The maximum absolute atomic E-state index is 12.3. The number of amides is 1. The Kier molecular flexibility index (Phi) is 7.87. The lowest BCUT2D eigenvalue weighted by atomic mass is 9.99. The first-order valence-corrected chi connectivity index (χ1v) is 7.91. The van der Waals surface area contributed by atoms with Gasteiger partial charge in [-0.2, -0.15) is 0 Å². The van der Waals surface area contributed by atoms with Crippen LogP contribution >= 0.6 is 12.4 Å². The molecule has 22 heavy (non-hydrogen) atoms. The topological polar surface area (TPSA) is 58.4 Å². The highest BCUT2D eigenvalue weighted by molar-refractivity contribution is 5.93. The van der Waals surface area contributed by atoms with Crippen LogP contribution in [0.3, 0.4) is 0 Å². The first kappa shape index (κ1) is 18.9. The van der Waals surface area contributed by atoms with Gasteiger partial charge in [0.05, 0.1) is 6.54 Å². The lowest BCUT2D eigenvalue weighted by molar-refractivity contribution is -0.118. The average Bonchev–Trinajstić information content (AvgIpc) is 2.44. The van der Waals surface area contributed by atoms with Gasteiger partial charge in [-0.1, -0.05) is 24.1 Å². The Morgan fingerprint density at radius 3 is 2.82 bits per heavy atom. The molecular formula is C17H28ClN3O. The van der Waals surface area contributed by atoms with Gasteiger partial charge >= 0.3 is 0 Å². The summed E-state index contributed by atoms with van der Waals surface area (Å²) in [5.41, 5.74) is 8.92. The number of benzene rings is 1. The van der Waals surface area contributed by atoms with Crippen molar-refractivity contribution in [2.24, 2.45) is 5.73 Å². The van der Waals surface area contributed by atoms with Crippen LogP contribution < -0.4 is 11.1 Å². The van der Waals surface area contributed by atoms with Gasteiger partial charge in [0.25, 0.3) is 0 Å². The highest BCUT2D eigenvalue weighted by Gasteiger charge is 2.23. The molecule has 0 bridgehead atoms. The van der Waals surface area contributed by atoms with Crippen molar-refractivity contribution in [2.45, 2.75) is 45.6 Å². The van der Waals surface area contributed by atoms with E-state index in [9.17, 15) is 4.79 Å². The van der Waals surface area contributed by atoms with E-state index in [0.717, 1.165) is 30.6 Å². The van der Waals surface area contributed by atoms with Gasteiger partial charge in [-0.25, -0.2) is 0 Å². The Morgan fingerprint density at radius 2 is 2.14 bits per heavy atom. The van der Waals surface area contributed by atoms with Crippen molar-refractivity contribution in [1.29, 1.82) is 0 Å². The molecule has 0 spiro atoms. The predicted molar refractivity (Wildman–Crippen MR) is 94.7 cm³/mol. The molecule has 4 nitrogen and oxygen atoms in total. The summed E-state index contributed by atoms with van der Waals surface area (Å²) in [5.74, 6) is 0.0749. The van der Waals surface area contributed by atoms with Gasteiger partial charge in [0.2, 0.25) is 5.91 Å². The molecule has 1 fully saturated rings. The summed E-state index contributed by atoms with van der Waals surface area (Å²) >= 11 is 0. The number of likely N-dealkylation sites (tertiary alicyclic amines) is 1. The summed E-state index contributed by atoms with van der Waals surface area (Å²) in [5, 5.41) is 3.04. The van der Waals surface area contributed by atoms with Crippen LogP contribution in [0.4, 0.5) is 5.69 Å². The molecule has 0 aliphatic carbocycles. The minimum Gasteiger partial charge on any atom is -0.330 e. The van der Waals surface area contributed by atoms with Gasteiger partial charge in [0, 0.05) is 11.7 Å². The number of hydrogen-bond donors (Lipinski definition) is 2.